The lowest BCUT2D eigenvalue weighted by molar-refractivity contribution is -0.386. The van der Waals surface area contributed by atoms with Crippen LogP contribution in [0.4, 0.5) is 10.1 Å². The van der Waals surface area contributed by atoms with Gasteiger partial charge in [-0.25, -0.2) is 4.39 Å². The Labute approximate surface area is 162 Å². The van der Waals surface area contributed by atoms with Crippen molar-refractivity contribution in [2.45, 2.75) is 45.8 Å². The van der Waals surface area contributed by atoms with Crippen LogP contribution in [-0.4, -0.2) is 44.6 Å². The minimum absolute atomic E-state index is 0.0314. The summed E-state index contributed by atoms with van der Waals surface area (Å²) in [7, 11) is 0. The molecular formula is C19H24FN5O3. The Hall–Kier alpha value is -2.81. The lowest BCUT2D eigenvalue weighted by Crippen LogP contribution is -2.45. The molecular weight excluding hydrogens is 365 g/mol. The Morgan fingerprint density at radius 3 is 2.50 bits per heavy atom. The van der Waals surface area contributed by atoms with Gasteiger partial charge in [0.1, 0.15) is 23.7 Å². The Kier molecular flexibility index (Phi) is 6.03. The van der Waals surface area contributed by atoms with Gasteiger partial charge in [0.15, 0.2) is 0 Å². The van der Waals surface area contributed by atoms with E-state index < -0.39 is 4.92 Å². The summed E-state index contributed by atoms with van der Waals surface area (Å²) in [5.74, 6) is -0.435. The zero-order valence-corrected chi connectivity index (χ0v) is 16.0. The molecule has 1 N–H and O–H groups in total. The molecule has 2 heterocycles. The number of aryl methyl sites for hydroxylation is 1. The second-order valence-electron chi connectivity index (χ2n) is 7.18. The highest BCUT2D eigenvalue weighted by molar-refractivity contribution is 5.76. The summed E-state index contributed by atoms with van der Waals surface area (Å²) < 4.78 is 14.4. The largest absolute Gasteiger partial charge is 0.352 e. The van der Waals surface area contributed by atoms with Gasteiger partial charge in [-0.1, -0.05) is 12.1 Å². The number of piperidine rings is 1. The molecule has 1 amide bonds. The maximum absolute atomic E-state index is 13.0. The number of nitro groups is 1. The average Bonchev–Trinajstić information content (AvgIpc) is 2.92. The summed E-state index contributed by atoms with van der Waals surface area (Å²) in [6, 6.07) is 6.58. The molecule has 1 aliphatic heterocycles. The highest BCUT2D eigenvalue weighted by atomic mass is 19.1. The van der Waals surface area contributed by atoms with Crippen molar-refractivity contribution >= 4 is 11.6 Å². The van der Waals surface area contributed by atoms with Gasteiger partial charge < -0.3 is 5.32 Å². The van der Waals surface area contributed by atoms with Gasteiger partial charge in [-0.05, 0) is 44.4 Å². The predicted octanol–water partition coefficient (Wildman–Crippen LogP) is 2.33. The first kappa shape index (κ1) is 19.9. The molecule has 0 radical (unpaired) electrons. The fraction of sp³-hybridized carbons (Fsp3) is 0.474. The standard InChI is InChI=1S/C19H24FN5O3/c1-13-19(25(27)28)14(2)24(22-13)12-18(26)21-17-7-9-23(10-8-17)11-15-3-5-16(20)6-4-15/h3-6,17H,7-12H2,1-2H3,(H,21,26). The molecule has 0 atom stereocenters. The quantitative estimate of drug-likeness (QED) is 0.605. The first-order valence-electron chi connectivity index (χ1n) is 9.28. The highest BCUT2D eigenvalue weighted by Gasteiger charge is 2.24. The first-order valence-corrected chi connectivity index (χ1v) is 9.28. The van der Waals surface area contributed by atoms with Crippen molar-refractivity contribution in [1.82, 2.24) is 20.0 Å². The van der Waals surface area contributed by atoms with Crippen molar-refractivity contribution in [3.8, 4) is 0 Å². The number of halogens is 1. The van der Waals surface area contributed by atoms with E-state index in [4.69, 9.17) is 0 Å². The van der Waals surface area contributed by atoms with Crippen LogP contribution in [0.5, 0.6) is 0 Å². The van der Waals surface area contributed by atoms with E-state index in [1.807, 2.05) is 0 Å². The number of hydrogen-bond acceptors (Lipinski definition) is 5. The van der Waals surface area contributed by atoms with Crippen LogP contribution in [0.15, 0.2) is 24.3 Å². The van der Waals surface area contributed by atoms with Crippen molar-refractivity contribution in [3.05, 3.63) is 57.1 Å². The topological polar surface area (TPSA) is 93.3 Å². The lowest BCUT2D eigenvalue weighted by Gasteiger charge is -2.32. The minimum atomic E-state index is -0.469. The number of aromatic nitrogens is 2. The van der Waals surface area contributed by atoms with Gasteiger partial charge in [-0.15, -0.1) is 0 Å². The molecule has 9 heteroatoms. The molecule has 1 aromatic carbocycles. The van der Waals surface area contributed by atoms with Crippen molar-refractivity contribution in [1.29, 1.82) is 0 Å². The Morgan fingerprint density at radius 1 is 1.29 bits per heavy atom. The van der Waals surface area contributed by atoms with Crippen molar-refractivity contribution in [2.75, 3.05) is 13.1 Å². The smallest absolute Gasteiger partial charge is 0.312 e. The van der Waals surface area contributed by atoms with E-state index >= 15 is 0 Å². The van der Waals surface area contributed by atoms with E-state index in [0.29, 0.717) is 11.4 Å². The number of benzene rings is 1. The molecule has 8 nitrogen and oxygen atoms in total. The number of hydrogen-bond donors (Lipinski definition) is 1. The number of nitrogens with one attached hydrogen (secondary N) is 1. The number of carbonyl (C=O) groups excluding carboxylic acids is 1. The van der Waals surface area contributed by atoms with Crippen LogP contribution in [0.1, 0.15) is 29.8 Å². The SMILES string of the molecule is Cc1nn(CC(=O)NC2CCN(Cc3ccc(F)cc3)CC2)c(C)c1[N+](=O)[O-]. The summed E-state index contributed by atoms with van der Waals surface area (Å²) in [6.45, 7) is 5.57. The Balaban J connectivity index is 1.48. The lowest BCUT2D eigenvalue weighted by atomic mass is 10.0. The Morgan fingerprint density at radius 2 is 1.93 bits per heavy atom. The second kappa shape index (κ2) is 8.47. The maximum atomic E-state index is 13.0. The summed E-state index contributed by atoms with van der Waals surface area (Å²) in [5.41, 5.74) is 1.72. The minimum Gasteiger partial charge on any atom is -0.352 e. The van der Waals surface area contributed by atoms with E-state index in [0.717, 1.165) is 38.0 Å². The number of nitrogens with zero attached hydrogens (tertiary/aromatic N) is 4. The third-order valence-corrected chi connectivity index (χ3v) is 5.09. The average molecular weight is 389 g/mol. The van der Waals surface area contributed by atoms with Gasteiger partial charge in [0.2, 0.25) is 5.91 Å². The molecule has 1 aromatic heterocycles. The molecule has 0 spiro atoms. The van der Waals surface area contributed by atoms with Gasteiger partial charge >= 0.3 is 5.69 Å². The van der Waals surface area contributed by atoms with Crippen molar-refractivity contribution < 1.29 is 14.1 Å². The van der Waals surface area contributed by atoms with Gasteiger partial charge in [0, 0.05) is 25.7 Å². The summed E-state index contributed by atoms with van der Waals surface area (Å²) >= 11 is 0. The highest BCUT2D eigenvalue weighted by Crippen LogP contribution is 2.21. The molecule has 0 aliphatic carbocycles. The van der Waals surface area contributed by atoms with Gasteiger partial charge in [0.05, 0.1) is 4.92 Å². The molecule has 0 unspecified atom stereocenters. The zero-order chi connectivity index (χ0) is 20.3. The number of rotatable bonds is 6. The molecule has 28 heavy (non-hydrogen) atoms. The first-order chi connectivity index (χ1) is 13.3. The fourth-order valence-electron chi connectivity index (χ4n) is 3.60. The van der Waals surface area contributed by atoms with E-state index in [1.165, 1.54) is 16.8 Å². The third kappa shape index (κ3) is 4.72. The predicted molar refractivity (Wildman–Crippen MR) is 101 cm³/mol. The molecule has 1 saturated heterocycles. The van der Waals surface area contributed by atoms with E-state index in [1.54, 1.807) is 26.0 Å². The number of amides is 1. The van der Waals surface area contributed by atoms with E-state index in [-0.39, 0.29) is 30.0 Å². The molecule has 1 aliphatic rings. The van der Waals surface area contributed by atoms with E-state index in [9.17, 15) is 19.3 Å². The van der Waals surface area contributed by atoms with Crippen LogP contribution in [0, 0.1) is 29.8 Å². The van der Waals surface area contributed by atoms with Crippen LogP contribution in [0.25, 0.3) is 0 Å². The summed E-state index contributed by atoms with van der Waals surface area (Å²) in [6.07, 6.45) is 1.65. The molecule has 0 bridgehead atoms. The number of likely N-dealkylation sites (tertiary alicyclic amines) is 1. The Bertz CT molecular complexity index is 857. The zero-order valence-electron chi connectivity index (χ0n) is 16.0. The normalized spacial score (nSPS) is 15.5. The molecule has 1 fully saturated rings. The van der Waals surface area contributed by atoms with Crippen molar-refractivity contribution in [3.63, 3.8) is 0 Å². The van der Waals surface area contributed by atoms with Crippen LogP contribution >= 0.6 is 0 Å². The van der Waals surface area contributed by atoms with Crippen LogP contribution in [-0.2, 0) is 17.9 Å². The summed E-state index contributed by atoms with van der Waals surface area (Å²) in [4.78, 5) is 25.2. The van der Waals surface area contributed by atoms with Crippen LogP contribution < -0.4 is 5.32 Å². The molecule has 0 saturated carbocycles. The van der Waals surface area contributed by atoms with Crippen molar-refractivity contribution in [2.24, 2.45) is 0 Å². The maximum Gasteiger partial charge on any atom is 0.312 e. The fourth-order valence-corrected chi connectivity index (χ4v) is 3.60. The van der Waals surface area contributed by atoms with Gasteiger partial charge in [-0.3, -0.25) is 24.5 Å². The molecule has 2 aromatic rings. The number of carbonyl (C=O) groups is 1. The third-order valence-electron chi connectivity index (χ3n) is 5.09. The van der Waals surface area contributed by atoms with Crippen LogP contribution in [0.2, 0.25) is 0 Å². The molecule has 3 rings (SSSR count). The van der Waals surface area contributed by atoms with Gasteiger partial charge in [0.25, 0.3) is 0 Å². The van der Waals surface area contributed by atoms with Gasteiger partial charge in [-0.2, -0.15) is 5.10 Å². The molecule has 150 valence electrons. The second-order valence-corrected chi connectivity index (χ2v) is 7.18. The van der Waals surface area contributed by atoms with Crippen LogP contribution in [0.3, 0.4) is 0 Å². The summed E-state index contributed by atoms with van der Waals surface area (Å²) in [5, 5.41) is 18.2. The monoisotopic (exact) mass is 389 g/mol. The van der Waals surface area contributed by atoms with E-state index in [2.05, 4.69) is 15.3 Å².